The smallest absolute Gasteiger partial charge is 0.268 e. The first kappa shape index (κ1) is 26.0. The van der Waals surface area contributed by atoms with Crippen molar-refractivity contribution in [3.05, 3.63) is 76.9 Å². The molecule has 2 bridgehead atoms. The minimum Gasteiger partial charge on any atom is -0.393 e. The van der Waals surface area contributed by atoms with E-state index < -0.39 is 10.0 Å². The van der Waals surface area contributed by atoms with Crippen LogP contribution in [0.2, 0.25) is 0 Å². The number of benzene rings is 3. The highest BCUT2D eigenvalue weighted by Gasteiger charge is 2.73. The van der Waals surface area contributed by atoms with Crippen LogP contribution in [0.15, 0.2) is 59.5 Å². The van der Waals surface area contributed by atoms with Crippen LogP contribution in [0.25, 0.3) is 21.8 Å². The highest BCUT2D eigenvalue weighted by atomic mass is 32.2. The van der Waals surface area contributed by atoms with Gasteiger partial charge in [0.15, 0.2) is 0 Å². The normalized spacial score (nSPS) is 36.0. The van der Waals surface area contributed by atoms with Crippen molar-refractivity contribution in [1.29, 1.82) is 0 Å². The summed E-state index contributed by atoms with van der Waals surface area (Å²) in [6.07, 6.45) is 3.45. The summed E-state index contributed by atoms with van der Waals surface area (Å²) >= 11 is 0. The Hall–Kier alpha value is -2.67. The Bertz CT molecular complexity index is 1860. The molecule has 214 valence electrons. The fourth-order valence-electron chi connectivity index (χ4n) is 10.2. The molecule has 8 atom stereocenters. The molecule has 3 fully saturated rings. The molecular weight excluding hydrogens is 530 g/mol. The van der Waals surface area contributed by atoms with E-state index in [2.05, 4.69) is 39.8 Å². The van der Waals surface area contributed by atoms with E-state index in [1.807, 2.05) is 37.3 Å². The van der Waals surface area contributed by atoms with Gasteiger partial charge in [0.2, 0.25) is 0 Å². The zero-order valence-electron chi connectivity index (χ0n) is 24.5. The van der Waals surface area contributed by atoms with E-state index in [0.717, 1.165) is 53.1 Å². The van der Waals surface area contributed by atoms with Crippen LogP contribution in [0.3, 0.4) is 0 Å². The molecule has 2 heterocycles. The number of para-hydroxylation sites is 1. The van der Waals surface area contributed by atoms with Crippen molar-refractivity contribution in [2.45, 2.75) is 89.4 Å². The van der Waals surface area contributed by atoms with E-state index in [-0.39, 0.29) is 41.0 Å². The third-order valence-corrected chi connectivity index (χ3v) is 13.9. The molecule has 41 heavy (non-hydrogen) atoms. The monoisotopic (exact) mass is 569 g/mol. The van der Waals surface area contributed by atoms with Gasteiger partial charge in [-0.15, -0.1) is 0 Å². The van der Waals surface area contributed by atoms with Gasteiger partial charge in [0.05, 0.1) is 34.2 Å². The molecule has 2 saturated carbocycles. The van der Waals surface area contributed by atoms with Crippen LogP contribution in [0, 0.1) is 36.5 Å². The van der Waals surface area contributed by atoms with Gasteiger partial charge in [-0.05, 0) is 98.2 Å². The average molecular weight is 570 g/mol. The summed E-state index contributed by atoms with van der Waals surface area (Å²) in [4.78, 5) is 0.297. The topological polar surface area (TPSA) is 68.5 Å². The number of rotatable bonds is 2. The summed E-state index contributed by atoms with van der Waals surface area (Å²) in [5.41, 5.74) is 5.69. The predicted octanol–water partition coefficient (Wildman–Crippen LogP) is 7.40. The Morgan fingerprint density at radius 3 is 2.46 bits per heavy atom. The van der Waals surface area contributed by atoms with Crippen molar-refractivity contribution in [3.8, 4) is 0 Å². The number of fused-ring (bicyclic) bond motifs is 8. The van der Waals surface area contributed by atoms with E-state index in [9.17, 15) is 13.5 Å². The van der Waals surface area contributed by atoms with Gasteiger partial charge >= 0.3 is 0 Å². The molecule has 0 radical (unpaired) electrons. The molecule has 5 nitrogen and oxygen atoms in total. The zero-order chi connectivity index (χ0) is 28.6. The summed E-state index contributed by atoms with van der Waals surface area (Å²) in [6.45, 7) is 11.1. The average Bonchev–Trinajstić information content (AvgIpc) is 3.44. The molecule has 4 aliphatic rings. The molecule has 8 rings (SSSR count). The molecule has 1 aliphatic heterocycles. The van der Waals surface area contributed by atoms with Gasteiger partial charge in [-0.1, -0.05) is 56.7 Å². The number of hydrogen-bond donors (Lipinski definition) is 1. The molecule has 1 aromatic heterocycles. The number of ether oxygens (including phenoxy) is 1. The Balaban J connectivity index is 1.50. The van der Waals surface area contributed by atoms with Crippen LogP contribution in [-0.2, 0) is 14.8 Å². The summed E-state index contributed by atoms with van der Waals surface area (Å²) in [5, 5.41) is 13.8. The minimum absolute atomic E-state index is 0.0337. The van der Waals surface area contributed by atoms with Crippen LogP contribution < -0.4 is 0 Å². The standard InChI is InChI=1S/C35H39NO4S/c1-19-10-13-23(14-11-19)41(38,39)36-25-9-7-6-8-24(25)31-26(36)16-20(2)30-27-18-35-29(40-27)15-12-22(4)34(35,5)28(37)17-21(3)33(35)32(30)31/h6-11,13-14,16,21-22,27-29,33,37H,12,15,17-18H2,1-5H3/t21-,22-,27?,28-,29+,33+,34-,35+/m1/s1. The van der Waals surface area contributed by atoms with Gasteiger partial charge in [-0.2, -0.15) is 0 Å². The third-order valence-electron chi connectivity index (χ3n) is 12.1. The second kappa shape index (κ2) is 8.24. The van der Waals surface area contributed by atoms with Gasteiger partial charge in [0.25, 0.3) is 10.0 Å². The molecule has 1 unspecified atom stereocenters. The van der Waals surface area contributed by atoms with Crippen LogP contribution in [0.1, 0.15) is 80.7 Å². The first-order chi connectivity index (χ1) is 19.5. The van der Waals surface area contributed by atoms with Crippen molar-refractivity contribution >= 4 is 31.8 Å². The van der Waals surface area contributed by atoms with Crippen LogP contribution in [-0.4, -0.2) is 29.7 Å². The van der Waals surface area contributed by atoms with Crippen LogP contribution in [0.4, 0.5) is 0 Å². The van der Waals surface area contributed by atoms with Crippen molar-refractivity contribution in [2.75, 3.05) is 0 Å². The van der Waals surface area contributed by atoms with E-state index in [0.29, 0.717) is 16.3 Å². The fraction of sp³-hybridized carbons (Fsp3) is 0.486. The number of aliphatic hydroxyl groups is 1. The van der Waals surface area contributed by atoms with Gasteiger partial charge in [0.1, 0.15) is 0 Å². The summed E-state index contributed by atoms with van der Waals surface area (Å²) < 4.78 is 37.4. The Labute approximate surface area is 242 Å². The highest BCUT2D eigenvalue weighted by molar-refractivity contribution is 7.90. The lowest BCUT2D eigenvalue weighted by atomic mass is 9.38. The van der Waals surface area contributed by atoms with Crippen LogP contribution >= 0.6 is 0 Å². The van der Waals surface area contributed by atoms with Crippen LogP contribution in [0.5, 0.6) is 0 Å². The lowest BCUT2D eigenvalue weighted by Gasteiger charge is -2.66. The van der Waals surface area contributed by atoms with Gasteiger partial charge in [0, 0.05) is 21.6 Å². The van der Waals surface area contributed by atoms with Crippen molar-refractivity contribution in [2.24, 2.45) is 22.7 Å². The molecule has 3 aliphatic carbocycles. The second-order valence-electron chi connectivity index (χ2n) is 13.8. The number of nitrogens with zero attached hydrogens (tertiary/aromatic N) is 1. The summed E-state index contributed by atoms with van der Waals surface area (Å²) in [6, 6.07) is 17.2. The van der Waals surface area contributed by atoms with Gasteiger partial charge < -0.3 is 9.84 Å². The number of hydrogen-bond acceptors (Lipinski definition) is 4. The zero-order valence-corrected chi connectivity index (χ0v) is 25.3. The van der Waals surface area contributed by atoms with Crippen molar-refractivity contribution < 1.29 is 18.3 Å². The predicted molar refractivity (Wildman–Crippen MR) is 162 cm³/mol. The maximum Gasteiger partial charge on any atom is 0.268 e. The fourth-order valence-corrected chi connectivity index (χ4v) is 11.7. The SMILES string of the molecule is Cc1ccc(S(=O)(=O)n2c3ccccc3c3c4c(c(C)cc32)C2C[C@@]35[C@H](CC[C@@H](C)[C@]3(C)[C@H](O)C[C@@H](C)[C@@H]45)O2)cc1. The van der Waals surface area contributed by atoms with Gasteiger partial charge in [-0.25, -0.2) is 12.4 Å². The van der Waals surface area contributed by atoms with E-state index in [1.54, 1.807) is 16.1 Å². The molecule has 1 N–H and O–H groups in total. The Morgan fingerprint density at radius 2 is 1.71 bits per heavy atom. The maximum absolute atomic E-state index is 14.4. The molecule has 0 amide bonds. The van der Waals surface area contributed by atoms with Crippen molar-refractivity contribution in [3.63, 3.8) is 0 Å². The summed E-state index contributed by atoms with van der Waals surface area (Å²) in [7, 11) is -3.86. The number of aryl methyl sites for hydroxylation is 2. The molecular formula is C35H39NO4S. The minimum atomic E-state index is -3.86. The van der Waals surface area contributed by atoms with E-state index >= 15 is 0 Å². The van der Waals surface area contributed by atoms with E-state index in [1.165, 1.54) is 11.1 Å². The maximum atomic E-state index is 14.4. The first-order valence-corrected chi connectivity index (χ1v) is 16.7. The third kappa shape index (κ3) is 2.97. The first-order valence-electron chi connectivity index (χ1n) is 15.2. The number of aromatic nitrogens is 1. The lowest BCUT2D eigenvalue weighted by molar-refractivity contribution is -0.206. The van der Waals surface area contributed by atoms with E-state index in [4.69, 9.17) is 4.74 Å². The molecule has 1 saturated heterocycles. The summed E-state index contributed by atoms with van der Waals surface area (Å²) in [5.74, 6) is 0.811. The lowest BCUT2D eigenvalue weighted by Crippen LogP contribution is -2.65. The molecule has 1 spiro atoms. The second-order valence-corrected chi connectivity index (χ2v) is 15.6. The number of aliphatic hydroxyl groups excluding tert-OH is 1. The van der Waals surface area contributed by atoms with Crippen molar-refractivity contribution in [1.82, 2.24) is 3.97 Å². The highest BCUT2D eigenvalue weighted by Crippen LogP contribution is 2.76. The molecule has 6 heteroatoms. The van der Waals surface area contributed by atoms with Gasteiger partial charge in [-0.3, -0.25) is 0 Å². The Kier molecular flexibility index (Phi) is 5.22. The quantitative estimate of drug-likeness (QED) is 0.273. The molecule has 3 aromatic carbocycles. The molecule has 4 aromatic rings. The Morgan fingerprint density at radius 1 is 0.976 bits per heavy atom. The largest absolute Gasteiger partial charge is 0.393 e.